The first-order chi connectivity index (χ1) is 17.3. The Morgan fingerprint density at radius 1 is 0.944 bits per heavy atom. The van der Waals surface area contributed by atoms with Crippen LogP contribution in [0.1, 0.15) is 36.7 Å². The van der Waals surface area contributed by atoms with Crippen LogP contribution < -0.4 is 4.74 Å². The molecule has 2 fully saturated rings. The van der Waals surface area contributed by atoms with E-state index in [1.807, 2.05) is 30.3 Å². The summed E-state index contributed by atoms with van der Waals surface area (Å²) in [4.78, 5) is 38.9. The zero-order chi connectivity index (χ0) is 25.4. The molecule has 1 aliphatic heterocycles. The first-order valence-electron chi connectivity index (χ1n) is 12.0. The van der Waals surface area contributed by atoms with Crippen molar-refractivity contribution in [2.45, 2.75) is 51.5 Å². The molecule has 3 aliphatic rings. The van der Waals surface area contributed by atoms with Crippen LogP contribution in [0.5, 0.6) is 5.75 Å². The van der Waals surface area contributed by atoms with Gasteiger partial charge in [-0.15, -0.1) is 0 Å². The number of hydrogen-bond acceptors (Lipinski definition) is 8. The van der Waals surface area contributed by atoms with Crippen LogP contribution in [0, 0.1) is 11.8 Å². The Hall–Kier alpha value is -3.49. The predicted octanol–water partition coefficient (Wildman–Crippen LogP) is 3.63. The molecule has 0 spiro atoms. The van der Waals surface area contributed by atoms with Crippen molar-refractivity contribution in [2.75, 3.05) is 6.61 Å². The van der Waals surface area contributed by atoms with Gasteiger partial charge < -0.3 is 23.7 Å². The van der Waals surface area contributed by atoms with Gasteiger partial charge >= 0.3 is 11.9 Å². The predicted molar refractivity (Wildman–Crippen MR) is 127 cm³/mol. The number of rotatable bonds is 7. The third-order valence-corrected chi connectivity index (χ3v) is 6.63. The molecule has 5 rings (SSSR count). The van der Waals surface area contributed by atoms with Gasteiger partial charge in [0.15, 0.2) is 11.6 Å². The van der Waals surface area contributed by atoms with Crippen LogP contribution in [0.3, 0.4) is 0 Å². The first kappa shape index (κ1) is 24.2. The second-order valence-electron chi connectivity index (χ2n) is 9.49. The van der Waals surface area contributed by atoms with E-state index in [1.165, 1.54) is 6.08 Å². The molecule has 2 aromatic carbocycles. The van der Waals surface area contributed by atoms with Gasteiger partial charge in [0.25, 0.3) is 0 Å². The van der Waals surface area contributed by atoms with Crippen molar-refractivity contribution in [1.82, 2.24) is 0 Å². The molecule has 0 radical (unpaired) electrons. The van der Waals surface area contributed by atoms with Gasteiger partial charge in [0.1, 0.15) is 30.7 Å². The fourth-order valence-corrected chi connectivity index (χ4v) is 5.12. The van der Waals surface area contributed by atoms with Crippen molar-refractivity contribution in [1.29, 1.82) is 0 Å². The molecule has 1 saturated carbocycles. The fourth-order valence-electron chi connectivity index (χ4n) is 5.12. The van der Waals surface area contributed by atoms with Crippen LogP contribution >= 0.6 is 0 Å². The van der Waals surface area contributed by atoms with E-state index >= 15 is 0 Å². The van der Waals surface area contributed by atoms with E-state index < -0.39 is 47.9 Å². The van der Waals surface area contributed by atoms with Gasteiger partial charge in [0.2, 0.25) is 0 Å². The highest BCUT2D eigenvalue weighted by molar-refractivity contribution is 5.99. The van der Waals surface area contributed by atoms with Gasteiger partial charge in [-0.2, -0.15) is 0 Å². The summed E-state index contributed by atoms with van der Waals surface area (Å²) in [5.41, 5.74) is 1.62. The highest BCUT2D eigenvalue weighted by Gasteiger charge is 2.65. The van der Waals surface area contributed by atoms with Gasteiger partial charge in [0.05, 0.1) is 18.1 Å². The topological polar surface area (TPSA) is 97.4 Å². The molecule has 8 nitrogen and oxygen atoms in total. The minimum absolute atomic E-state index is 0.182. The Morgan fingerprint density at radius 3 is 2.36 bits per heavy atom. The van der Waals surface area contributed by atoms with Crippen LogP contribution in [0.2, 0.25) is 0 Å². The molecule has 36 heavy (non-hydrogen) atoms. The van der Waals surface area contributed by atoms with Crippen molar-refractivity contribution >= 4 is 17.7 Å². The van der Waals surface area contributed by atoms with Crippen molar-refractivity contribution < 1.29 is 38.1 Å². The van der Waals surface area contributed by atoms with E-state index in [4.69, 9.17) is 23.7 Å². The summed E-state index contributed by atoms with van der Waals surface area (Å²) in [6.07, 6.45) is -0.872. The third-order valence-electron chi connectivity index (χ3n) is 6.63. The molecule has 1 heterocycles. The molecule has 0 unspecified atom stereocenters. The van der Waals surface area contributed by atoms with Crippen molar-refractivity contribution in [3.8, 4) is 5.75 Å². The van der Waals surface area contributed by atoms with Crippen molar-refractivity contribution in [3.63, 3.8) is 0 Å². The summed E-state index contributed by atoms with van der Waals surface area (Å²) in [5.74, 6) is -3.11. The van der Waals surface area contributed by atoms with Gasteiger partial charge in [0, 0.05) is 11.5 Å². The molecular formula is C28H28O8. The second kappa shape index (κ2) is 9.52. The zero-order valence-electron chi connectivity index (χ0n) is 20.3. The number of carbonyl (C=O) groups is 3. The average molecular weight is 493 g/mol. The van der Waals surface area contributed by atoms with Crippen molar-refractivity contribution in [3.05, 3.63) is 77.4 Å². The molecule has 2 aliphatic carbocycles. The molecule has 188 valence electrons. The second-order valence-corrected chi connectivity index (χ2v) is 9.49. The maximum atomic E-state index is 13.2. The summed E-state index contributed by atoms with van der Waals surface area (Å²) in [6, 6.07) is 16.3. The van der Waals surface area contributed by atoms with E-state index in [1.54, 1.807) is 45.0 Å². The molecule has 2 aromatic rings. The first-order valence-corrected chi connectivity index (χ1v) is 12.0. The van der Waals surface area contributed by atoms with Crippen LogP contribution in [0.15, 0.2) is 66.2 Å². The Bertz CT molecular complexity index is 1180. The maximum Gasteiger partial charge on any atom is 0.338 e. The van der Waals surface area contributed by atoms with Crippen LogP contribution in [-0.2, 0) is 35.1 Å². The Kier molecular flexibility index (Phi) is 6.40. The summed E-state index contributed by atoms with van der Waals surface area (Å²) < 4.78 is 28.5. The Balaban J connectivity index is 1.30. The summed E-state index contributed by atoms with van der Waals surface area (Å²) in [5, 5.41) is 0. The SMILES string of the molecule is CCOC(=O)C1=C[C@@H](OC(=O)c2ccc(OCc3ccccc3)cc2)[C@@H]2C(=O)[C@H]3OC(C)(C)O[C@H]3[C@H]12. The van der Waals surface area contributed by atoms with Gasteiger partial charge in [-0.25, -0.2) is 9.59 Å². The monoisotopic (exact) mass is 492 g/mol. The van der Waals surface area contributed by atoms with E-state index in [2.05, 4.69) is 0 Å². The Labute approximate surface area is 209 Å². The molecule has 0 amide bonds. The summed E-state index contributed by atoms with van der Waals surface area (Å²) >= 11 is 0. The number of Topliss-reactive ketones (excluding diaryl/α,β-unsaturated/α-hetero) is 1. The van der Waals surface area contributed by atoms with Crippen LogP contribution in [0.4, 0.5) is 0 Å². The average Bonchev–Trinajstić information content (AvgIpc) is 3.47. The lowest BCUT2D eigenvalue weighted by atomic mass is 9.91. The quantitative estimate of drug-likeness (QED) is 0.541. The zero-order valence-corrected chi connectivity index (χ0v) is 20.3. The molecule has 0 bridgehead atoms. The van der Waals surface area contributed by atoms with E-state index in [0.717, 1.165) is 5.56 Å². The summed E-state index contributed by atoms with van der Waals surface area (Å²) in [7, 11) is 0. The largest absolute Gasteiger partial charge is 0.489 e. The summed E-state index contributed by atoms with van der Waals surface area (Å²) in [6.45, 7) is 5.74. The minimum atomic E-state index is -0.950. The molecule has 8 heteroatoms. The number of benzene rings is 2. The molecule has 1 saturated heterocycles. The van der Waals surface area contributed by atoms with E-state index in [9.17, 15) is 14.4 Å². The molecule has 0 N–H and O–H groups in total. The van der Waals surface area contributed by atoms with Gasteiger partial charge in [-0.1, -0.05) is 30.3 Å². The number of hydrogen-bond donors (Lipinski definition) is 0. The normalized spacial score (nSPS) is 27.7. The van der Waals surface area contributed by atoms with Crippen LogP contribution in [0.25, 0.3) is 0 Å². The van der Waals surface area contributed by atoms with Gasteiger partial charge in [-0.05, 0) is 56.7 Å². The van der Waals surface area contributed by atoms with Gasteiger partial charge in [-0.3, -0.25) is 4.79 Å². The lowest BCUT2D eigenvalue weighted by molar-refractivity contribution is -0.168. The number of fused-ring (bicyclic) bond motifs is 3. The fraction of sp³-hybridized carbons (Fsp3) is 0.393. The highest BCUT2D eigenvalue weighted by atomic mass is 16.8. The number of carbonyl (C=O) groups excluding carboxylic acids is 3. The number of ketones is 1. The minimum Gasteiger partial charge on any atom is -0.489 e. The van der Waals surface area contributed by atoms with Crippen molar-refractivity contribution in [2.24, 2.45) is 11.8 Å². The lowest BCUT2D eigenvalue weighted by Gasteiger charge is -2.24. The molecule has 5 atom stereocenters. The standard InChI is InChI=1S/C28H28O8/c1-4-32-27(31)19-14-20(22-21(19)24-25(23(22)29)36-28(2,3)35-24)34-26(30)17-10-12-18(13-11-17)33-15-16-8-6-5-7-9-16/h5-14,20-22,24-25H,4,15H2,1-3H3/t20-,21-,22+,24+,25-/m1/s1. The number of esters is 2. The smallest absolute Gasteiger partial charge is 0.338 e. The molecular weight excluding hydrogens is 464 g/mol. The highest BCUT2D eigenvalue weighted by Crippen LogP contribution is 2.51. The maximum absolute atomic E-state index is 13.2. The lowest BCUT2D eigenvalue weighted by Crippen LogP contribution is -2.34. The third kappa shape index (κ3) is 4.54. The Morgan fingerprint density at radius 2 is 1.67 bits per heavy atom. The molecule has 0 aromatic heterocycles. The van der Waals surface area contributed by atoms with Crippen LogP contribution in [-0.4, -0.2) is 48.4 Å². The van der Waals surface area contributed by atoms with E-state index in [-0.39, 0.29) is 18.0 Å². The number of ether oxygens (including phenoxy) is 5. The van der Waals surface area contributed by atoms with E-state index in [0.29, 0.717) is 17.9 Å².